The number of aryl methyl sites for hydroxylation is 1. The Morgan fingerprint density at radius 1 is 1.11 bits per heavy atom. The molecule has 0 spiro atoms. The summed E-state index contributed by atoms with van der Waals surface area (Å²) in [6.07, 6.45) is -0.0457. The molecule has 3 aromatic rings. The zero-order valence-electron chi connectivity index (χ0n) is 20.8. The minimum Gasteiger partial charge on any atom is -0.454 e. The summed E-state index contributed by atoms with van der Waals surface area (Å²) in [5.74, 6) is -2.00. The van der Waals surface area contributed by atoms with Gasteiger partial charge in [0.05, 0.1) is 27.1 Å². The number of rotatable bonds is 7. The zero-order valence-corrected chi connectivity index (χ0v) is 22.4. The molecule has 1 aliphatic heterocycles. The standard InChI is InChI=1S/C28H22ClN3O5S/c1-15-16(2)21(13-30)26(31-17(15)3)38-24-12-25(34)32(27(24)35)19-10-8-18(9-11-19)28(36)37-14-23(33)20-6-4-5-7-22(20)29/h4-11,24H,12,14H2,1-3H3. The normalized spacial score (nSPS) is 14.9. The number of hydrogen-bond acceptors (Lipinski definition) is 8. The number of hydrogen-bond donors (Lipinski definition) is 0. The van der Waals surface area contributed by atoms with Gasteiger partial charge in [-0.15, -0.1) is 0 Å². The third kappa shape index (κ3) is 5.32. The number of thioether (sulfide) groups is 1. The Labute approximate surface area is 228 Å². The number of ether oxygens (including phenoxy) is 1. The van der Waals surface area contributed by atoms with E-state index in [1.54, 1.807) is 24.3 Å². The summed E-state index contributed by atoms with van der Waals surface area (Å²) in [6, 6.07) is 14.4. The molecule has 192 valence electrons. The number of ketones is 1. The van der Waals surface area contributed by atoms with Crippen LogP contribution in [0.4, 0.5) is 5.69 Å². The first-order valence-electron chi connectivity index (χ1n) is 11.6. The lowest BCUT2D eigenvalue weighted by atomic mass is 10.1. The second-order valence-electron chi connectivity index (χ2n) is 8.64. The van der Waals surface area contributed by atoms with Crippen molar-refractivity contribution >= 4 is 52.6 Å². The van der Waals surface area contributed by atoms with Crippen LogP contribution in [0.15, 0.2) is 53.6 Å². The predicted molar refractivity (Wildman–Crippen MR) is 142 cm³/mol. The van der Waals surface area contributed by atoms with Gasteiger partial charge in [0.2, 0.25) is 17.6 Å². The molecule has 0 saturated carbocycles. The second kappa shape index (κ2) is 11.2. The van der Waals surface area contributed by atoms with E-state index < -0.39 is 35.4 Å². The number of esters is 1. The topological polar surface area (TPSA) is 117 Å². The van der Waals surface area contributed by atoms with E-state index in [1.165, 1.54) is 24.3 Å². The van der Waals surface area contributed by atoms with Gasteiger partial charge in [-0.2, -0.15) is 5.26 Å². The highest BCUT2D eigenvalue weighted by molar-refractivity contribution is 8.00. The minimum absolute atomic E-state index is 0.0457. The number of carbonyl (C=O) groups is 4. The molecule has 8 nitrogen and oxygen atoms in total. The van der Waals surface area contributed by atoms with E-state index in [4.69, 9.17) is 16.3 Å². The minimum atomic E-state index is -0.732. The van der Waals surface area contributed by atoms with Crippen molar-refractivity contribution in [2.75, 3.05) is 11.5 Å². The van der Waals surface area contributed by atoms with Crippen molar-refractivity contribution in [1.29, 1.82) is 5.26 Å². The molecular weight excluding hydrogens is 526 g/mol. The van der Waals surface area contributed by atoms with Gasteiger partial charge in [-0.1, -0.05) is 35.5 Å². The number of pyridine rings is 1. The van der Waals surface area contributed by atoms with Gasteiger partial charge < -0.3 is 4.74 Å². The molecule has 0 bridgehead atoms. The molecule has 1 aromatic heterocycles. The lowest BCUT2D eigenvalue weighted by Gasteiger charge is -2.16. The summed E-state index contributed by atoms with van der Waals surface area (Å²) in [7, 11) is 0. The van der Waals surface area contributed by atoms with Crippen LogP contribution in [-0.2, 0) is 14.3 Å². The van der Waals surface area contributed by atoms with E-state index >= 15 is 0 Å². The molecule has 4 rings (SSSR count). The molecular formula is C28H22ClN3O5S. The average Bonchev–Trinajstić information content (AvgIpc) is 3.18. The molecule has 10 heteroatoms. The van der Waals surface area contributed by atoms with Crippen molar-refractivity contribution in [3.8, 4) is 6.07 Å². The first-order valence-corrected chi connectivity index (χ1v) is 12.8. The van der Waals surface area contributed by atoms with Gasteiger partial charge in [0.25, 0.3) is 0 Å². The summed E-state index contributed by atoms with van der Waals surface area (Å²) in [5, 5.41) is 9.57. The molecule has 0 radical (unpaired) electrons. The molecule has 2 amide bonds. The monoisotopic (exact) mass is 547 g/mol. The number of anilines is 1. The fourth-order valence-corrected chi connectivity index (χ4v) is 5.41. The molecule has 1 unspecified atom stereocenters. The van der Waals surface area contributed by atoms with Crippen molar-refractivity contribution in [3.05, 3.63) is 87.1 Å². The van der Waals surface area contributed by atoms with E-state index in [0.29, 0.717) is 16.3 Å². The lowest BCUT2D eigenvalue weighted by molar-refractivity contribution is -0.121. The van der Waals surface area contributed by atoms with E-state index in [9.17, 15) is 24.4 Å². The molecule has 1 saturated heterocycles. The van der Waals surface area contributed by atoms with Gasteiger partial charge in [0.1, 0.15) is 11.1 Å². The molecule has 1 aliphatic rings. The second-order valence-corrected chi connectivity index (χ2v) is 10.2. The fraction of sp³-hybridized carbons (Fsp3) is 0.214. The molecule has 1 atom stereocenters. The maximum absolute atomic E-state index is 13.1. The van der Waals surface area contributed by atoms with E-state index in [-0.39, 0.29) is 22.6 Å². The van der Waals surface area contributed by atoms with Gasteiger partial charge in [-0.05, 0) is 68.3 Å². The highest BCUT2D eigenvalue weighted by Crippen LogP contribution is 2.36. The molecule has 2 aromatic carbocycles. The fourth-order valence-electron chi connectivity index (χ4n) is 3.96. The van der Waals surface area contributed by atoms with Gasteiger partial charge in [0.15, 0.2) is 6.61 Å². The Hall–Kier alpha value is -4.00. The lowest BCUT2D eigenvalue weighted by Crippen LogP contribution is -2.31. The van der Waals surface area contributed by atoms with Crippen LogP contribution in [0, 0.1) is 32.1 Å². The van der Waals surface area contributed by atoms with Crippen LogP contribution in [0.5, 0.6) is 0 Å². The van der Waals surface area contributed by atoms with Crippen molar-refractivity contribution < 1.29 is 23.9 Å². The number of carbonyl (C=O) groups excluding carboxylic acids is 4. The Bertz CT molecular complexity index is 1510. The number of amides is 2. The number of aromatic nitrogens is 1. The molecule has 0 aliphatic carbocycles. The highest BCUT2D eigenvalue weighted by atomic mass is 35.5. The van der Waals surface area contributed by atoms with Crippen LogP contribution < -0.4 is 4.90 Å². The number of nitriles is 1. The number of imide groups is 1. The molecule has 2 heterocycles. The van der Waals surface area contributed by atoms with Crippen LogP contribution in [0.1, 0.15) is 49.5 Å². The molecule has 0 N–H and O–H groups in total. The largest absolute Gasteiger partial charge is 0.454 e. The van der Waals surface area contributed by atoms with Crippen LogP contribution in [-0.4, -0.2) is 40.4 Å². The van der Waals surface area contributed by atoms with Crippen LogP contribution in [0.25, 0.3) is 0 Å². The number of Topliss-reactive ketones (excluding diaryl/α,β-unsaturated/α-hetero) is 1. The van der Waals surface area contributed by atoms with Gasteiger partial charge in [-0.25, -0.2) is 14.7 Å². The van der Waals surface area contributed by atoms with Gasteiger partial charge >= 0.3 is 5.97 Å². The zero-order chi connectivity index (χ0) is 27.6. The number of nitrogens with zero attached hydrogens (tertiary/aromatic N) is 3. The van der Waals surface area contributed by atoms with Crippen LogP contribution in [0.3, 0.4) is 0 Å². The summed E-state index contributed by atoms with van der Waals surface area (Å²) in [5.41, 5.74) is 3.57. The van der Waals surface area contributed by atoms with Crippen LogP contribution >= 0.6 is 23.4 Å². The van der Waals surface area contributed by atoms with E-state index in [2.05, 4.69) is 11.1 Å². The summed E-state index contributed by atoms with van der Waals surface area (Å²) < 4.78 is 5.11. The van der Waals surface area contributed by atoms with Gasteiger partial charge in [0, 0.05) is 17.7 Å². The maximum atomic E-state index is 13.1. The smallest absolute Gasteiger partial charge is 0.338 e. The predicted octanol–water partition coefficient (Wildman–Crippen LogP) is 5.00. The molecule has 38 heavy (non-hydrogen) atoms. The Morgan fingerprint density at radius 2 is 1.79 bits per heavy atom. The van der Waals surface area contributed by atoms with Crippen molar-refractivity contribution in [3.63, 3.8) is 0 Å². The van der Waals surface area contributed by atoms with E-state index in [0.717, 1.165) is 33.5 Å². The summed E-state index contributed by atoms with van der Waals surface area (Å²) >= 11 is 7.11. The Balaban J connectivity index is 1.44. The summed E-state index contributed by atoms with van der Waals surface area (Å²) in [6.45, 7) is 5.07. The first kappa shape index (κ1) is 27.0. The van der Waals surface area contributed by atoms with Gasteiger partial charge in [-0.3, -0.25) is 14.4 Å². The van der Waals surface area contributed by atoms with Crippen molar-refractivity contribution in [1.82, 2.24) is 4.98 Å². The number of halogens is 1. The SMILES string of the molecule is Cc1nc(SC2CC(=O)N(c3ccc(C(=O)OCC(=O)c4ccccc4Cl)cc3)C2=O)c(C#N)c(C)c1C. The molecule has 1 fully saturated rings. The average molecular weight is 548 g/mol. The Morgan fingerprint density at radius 3 is 2.45 bits per heavy atom. The van der Waals surface area contributed by atoms with Crippen LogP contribution in [0.2, 0.25) is 5.02 Å². The Kier molecular flexibility index (Phi) is 7.95. The third-order valence-electron chi connectivity index (χ3n) is 6.30. The summed E-state index contributed by atoms with van der Waals surface area (Å²) in [4.78, 5) is 56.2. The van der Waals surface area contributed by atoms with Crippen molar-refractivity contribution in [2.45, 2.75) is 37.5 Å². The van der Waals surface area contributed by atoms with E-state index in [1.807, 2.05) is 20.8 Å². The first-order chi connectivity index (χ1) is 18.1. The van der Waals surface area contributed by atoms with Crippen molar-refractivity contribution in [2.24, 2.45) is 0 Å². The number of benzene rings is 2. The highest BCUT2D eigenvalue weighted by Gasteiger charge is 2.41. The third-order valence-corrected chi connectivity index (χ3v) is 7.81. The quantitative estimate of drug-likeness (QED) is 0.230. The maximum Gasteiger partial charge on any atom is 0.338 e.